The van der Waals surface area contributed by atoms with E-state index in [1.165, 1.54) is 24.5 Å². The molecule has 0 saturated heterocycles. The van der Waals surface area contributed by atoms with Crippen LogP contribution >= 0.6 is 0 Å². The van der Waals surface area contributed by atoms with Crippen molar-refractivity contribution in [3.63, 3.8) is 0 Å². The SMILES string of the molecule is C[C@@H](NC(=O)COc1ncnc2cc([N+](=O)[O-])ccc12)c1ccccc1. The van der Waals surface area contributed by atoms with Gasteiger partial charge in [-0.2, -0.15) is 0 Å². The van der Waals surface area contributed by atoms with Crippen LogP contribution in [0.15, 0.2) is 54.9 Å². The summed E-state index contributed by atoms with van der Waals surface area (Å²) in [7, 11) is 0. The quantitative estimate of drug-likeness (QED) is 0.540. The molecule has 0 aliphatic carbocycles. The summed E-state index contributed by atoms with van der Waals surface area (Å²) in [6, 6.07) is 13.6. The molecule has 132 valence electrons. The van der Waals surface area contributed by atoms with Crippen molar-refractivity contribution in [1.29, 1.82) is 0 Å². The zero-order chi connectivity index (χ0) is 18.5. The number of nitrogens with zero attached hydrogens (tertiary/aromatic N) is 3. The molecule has 0 fully saturated rings. The fraction of sp³-hybridized carbons (Fsp3) is 0.167. The molecule has 3 aromatic rings. The molecule has 1 heterocycles. The molecular weight excluding hydrogens is 336 g/mol. The number of carbonyl (C=O) groups excluding carboxylic acids is 1. The van der Waals surface area contributed by atoms with Gasteiger partial charge in [0, 0.05) is 12.1 Å². The highest BCUT2D eigenvalue weighted by Gasteiger charge is 2.13. The monoisotopic (exact) mass is 352 g/mol. The summed E-state index contributed by atoms with van der Waals surface area (Å²) >= 11 is 0. The molecule has 1 aromatic heterocycles. The van der Waals surface area contributed by atoms with Crippen molar-refractivity contribution < 1.29 is 14.5 Å². The summed E-state index contributed by atoms with van der Waals surface area (Å²) in [5.74, 6) is -0.0950. The largest absolute Gasteiger partial charge is 0.467 e. The second-order valence-corrected chi connectivity index (χ2v) is 5.63. The number of nitro benzene ring substituents is 1. The Labute approximate surface area is 149 Å². The first-order chi connectivity index (χ1) is 12.5. The fourth-order valence-electron chi connectivity index (χ4n) is 2.49. The summed E-state index contributed by atoms with van der Waals surface area (Å²) in [5, 5.41) is 14.2. The highest BCUT2D eigenvalue weighted by atomic mass is 16.6. The lowest BCUT2D eigenvalue weighted by atomic mass is 10.1. The topological polar surface area (TPSA) is 107 Å². The van der Waals surface area contributed by atoms with E-state index >= 15 is 0 Å². The molecule has 0 radical (unpaired) electrons. The zero-order valence-corrected chi connectivity index (χ0v) is 14.0. The molecule has 0 saturated carbocycles. The number of rotatable bonds is 6. The highest BCUT2D eigenvalue weighted by Crippen LogP contribution is 2.25. The molecule has 3 rings (SSSR count). The number of nitro groups is 1. The molecule has 2 aromatic carbocycles. The number of hydrogen-bond donors (Lipinski definition) is 1. The van der Waals surface area contributed by atoms with Crippen LogP contribution in [0.3, 0.4) is 0 Å². The number of ether oxygens (including phenoxy) is 1. The van der Waals surface area contributed by atoms with Crippen LogP contribution in [0.4, 0.5) is 5.69 Å². The van der Waals surface area contributed by atoms with Crippen LogP contribution in [0.1, 0.15) is 18.5 Å². The molecule has 26 heavy (non-hydrogen) atoms. The van der Waals surface area contributed by atoms with Gasteiger partial charge < -0.3 is 10.1 Å². The van der Waals surface area contributed by atoms with E-state index in [-0.39, 0.29) is 30.1 Å². The van der Waals surface area contributed by atoms with Crippen LogP contribution in [0.25, 0.3) is 10.9 Å². The molecule has 1 N–H and O–H groups in total. The number of carbonyl (C=O) groups is 1. The normalized spacial score (nSPS) is 11.7. The standard InChI is InChI=1S/C18H16N4O4/c1-12(13-5-3-2-4-6-13)21-17(23)10-26-18-15-8-7-14(22(24)25)9-16(15)19-11-20-18/h2-9,11-12H,10H2,1H3,(H,21,23)/t12-/m1/s1. The molecule has 1 atom stereocenters. The van der Waals surface area contributed by atoms with E-state index in [0.717, 1.165) is 5.56 Å². The highest BCUT2D eigenvalue weighted by molar-refractivity contribution is 5.85. The molecule has 0 spiro atoms. The summed E-state index contributed by atoms with van der Waals surface area (Å²) in [6.45, 7) is 1.66. The minimum atomic E-state index is -0.500. The van der Waals surface area contributed by atoms with Gasteiger partial charge in [-0.3, -0.25) is 14.9 Å². The van der Waals surface area contributed by atoms with Crippen molar-refractivity contribution in [1.82, 2.24) is 15.3 Å². The summed E-state index contributed by atoms with van der Waals surface area (Å²) in [4.78, 5) is 30.5. The van der Waals surface area contributed by atoms with Crippen LogP contribution in [-0.2, 0) is 4.79 Å². The van der Waals surface area contributed by atoms with Crippen LogP contribution in [0, 0.1) is 10.1 Å². The second-order valence-electron chi connectivity index (χ2n) is 5.63. The van der Waals surface area contributed by atoms with E-state index in [4.69, 9.17) is 4.74 Å². The molecule has 8 nitrogen and oxygen atoms in total. The van der Waals surface area contributed by atoms with Crippen molar-refractivity contribution in [2.24, 2.45) is 0 Å². The van der Waals surface area contributed by atoms with E-state index in [1.807, 2.05) is 37.3 Å². The number of fused-ring (bicyclic) bond motifs is 1. The van der Waals surface area contributed by atoms with Crippen molar-refractivity contribution in [2.75, 3.05) is 6.61 Å². The molecular formula is C18H16N4O4. The Morgan fingerprint density at radius 1 is 1.23 bits per heavy atom. The first-order valence-corrected chi connectivity index (χ1v) is 7.91. The predicted octanol–water partition coefficient (Wildman–Crippen LogP) is 2.79. The Morgan fingerprint density at radius 3 is 2.73 bits per heavy atom. The molecule has 0 bridgehead atoms. The fourth-order valence-corrected chi connectivity index (χ4v) is 2.49. The lowest BCUT2D eigenvalue weighted by Crippen LogP contribution is -2.31. The van der Waals surface area contributed by atoms with Crippen LogP contribution in [-0.4, -0.2) is 27.4 Å². The van der Waals surface area contributed by atoms with Crippen LogP contribution < -0.4 is 10.1 Å². The maximum absolute atomic E-state index is 12.1. The van der Waals surface area contributed by atoms with Crippen molar-refractivity contribution in [3.05, 3.63) is 70.5 Å². The molecule has 8 heteroatoms. The van der Waals surface area contributed by atoms with Crippen molar-refractivity contribution in [2.45, 2.75) is 13.0 Å². The van der Waals surface area contributed by atoms with Gasteiger partial charge in [-0.05, 0) is 18.6 Å². The van der Waals surface area contributed by atoms with Crippen molar-refractivity contribution in [3.8, 4) is 5.88 Å². The number of amides is 1. The van der Waals surface area contributed by atoms with Gasteiger partial charge >= 0.3 is 0 Å². The molecule has 0 aliphatic rings. The number of nitrogens with one attached hydrogen (secondary N) is 1. The first-order valence-electron chi connectivity index (χ1n) is 7.91. The summed E-state index contributed by atoms with van der Waals surface area (Å²) in [6.07, 6.45) is 1.24. The van der Waals surface area contributed by atoms with Gasteiger partial charge in [0.05, 0.1) is 21.9 Å². The maximum atomic E-state index is 12.1. The smallest absolute Gasteiger partial charge is 0.271 e. The minimum absolute atomic E-state index is 0.0726. The van der Waals surface area contributed by atoms with Crippen LogP contribution in [0.2, 0.25) is 0 Å². The maximum Gasteiger partial charge on any atom is 0.271 e. The second kappa shape index (κ2) is 7.56. The average Bonchev–Trinajstić information content (AvgIpc) is 2.66. The lowest BCUT2D eigenvalue weighted by molar-refractivity contribution is -0.384. The van der Waals surface area contributed by atoms with E-state index in [0.29, 0.717) is 10.9 Å². The predicted molar refractivity (Wildman–Crippen MR) is 94.7 cm³/mol. The number of hydrogen-bond acceptors (Lipinski definition) is 6. The van der Waals surface area contributed by atoms with E-state index in [1.54, 1.807) is 0 Å². The first kappa shape index (κ1) is 17.3. The van der Waals surface area contributed by atoms with Gasteiger partial charge in [-0.25, -0.2) is 9.97 Å². The van der Waals surface area contributed by atoms with Gasteiger partial charge in [-0.15, -0.1) is 0 Å². The Hall–Kier alpha value is -3.55. The van der Waals surface area contributed by atoms with Crippen molar-refractivity contribution >= 4 is 22.5 Å². The third-order valence-corrected chi connectivity index (χ3v) is 3.81. The van der Waals surface area contributed by atoms with E-state index < -0.39 is 4.92 Å². The van der Waals surface area contributed by atoms with E-state index in [9.17, 15) is 14.9 Å². The Kier molecular flexibility index (Phi) is 5.02. The number of aromatic nitrogens is 2. The third kappa shape index (κ3) is 3.92. The average molecular weight is 352 g/mol. The van der Waals surface area contributed by atoms with Gasteiger partial charge in [0.15, 0.2) is 6.61 Å². The number of benzene rings is 2. The Bertz CT molecular complexity index is 946. The Morgan fingerprint density at radius 2 is 2.00 bits per heavy atom. The molecule has 0 unspecified atom stereocenters. The zero-order valence-electron chi connectivity index (χ0n) is 14.0. The third-order valence-electron chi connectivity index (χ3n) is 3.81. The molecule has 1 amide bonds. The van der Waals surface area contributed by atoms with Crippen LogP contribution in [0.5, 0.6) is 5.88 Å². The van der Waals surface area contributed by atoms with Gasteiger partial charge in [0.2, 0.25) is 5.88 Å². The van der Waals surface area contributed by atoms with Gasteiger partial charge in [-0.1, -0.05) is 30.3 Å². The van der Waals surface area contributed by atoms with Gasteiger partial charge in [0.1, 0.15) is 6.33 Å². The molecule has 0 aliphatic heterocycles. The van der Waals surface area contributed by atoms with E-state index in [2.05, 4.69) is 15.3 Å². The summed E-state index contributed by atoms with van der Waals surface area (Å²) < 4.78 is 5.49. The summed E-state index contributed by atoms with van der Waals surface area (Å²) in [5.41, 5.74) is 1.29. The minimum Gasteiger partial charge on any atom is -0.467 e. The number of non-ortho nitro benzene ring substituents is 1. The van der Waals surface area contributed by atoms with Gasteiger partial charge in [0.25, 0.3) is 11.6 Å². The Balaban J connectivity index is 1.67. The lowest BCUT2D eigenvalue weighted by Gasteiger charge is -2.14.